The molecule has 2 N–H and O–H groups in total. The number of rotatable bonds is 1. The number of H-pyrrole nitrogens is 1. The van der Waals surface area contributed by atoms with E-state index >= 15 is 0 Å². The van der Waals surface area contributed by atoms with Crippen molar-refractivity contribution in [2.24, 2.45) is 0 Å². The van der Waals surface area contributed by atoms with Crippen molar-refractivity contribution in [1.82, 2.24) is 10.2 Å². The molecule has 1 aromatic heterocycles. The molecule has 0 aliphatic heterocycles. The Hall–Kier alpha value is -1.35. The summed E-state index contributed by atoms with van der Waals surface area (Å²) in [5, 5.41) is 16.4. The van der Waals surface area contributed by atoms with Crippen LogP contribution in [0.4, 0.5) is 0 Å². The molecule has 55 valence electrons. The Balaban J connectivity index is 2.67. The highest BCUT2D eigenvalue weighted by atomic mass is 16.3. The zero-order chi connectivity index (χ0) is 7.68. The van der Waals surface area contributed by atoms with Crippen LogP contribution in [0.2, 0.25) is 0 Å². The number of aliphatic hydroxyl groups is 1. The third kappa shape index (κ3) is 0.991. The fourth-order valence-corrected chi connectivity index (χ4v) is 1.04. The summed E-state index contributed by atoms with van der Waals surface area (Å²) < 4.78 is 0. The van der Waals surface area contributed by atoms with Crippen molar-refractivity contribution in [2.75, 3.05) is 0 Å². The van der Waals surface area contributed by atoms with Crippen molar-refractivity contribution in [2.45, 2.75) is 0 Å². The van der Waals surface area contributed by atoms with Crippen LogP contribution in [-0.2, 0) is 0 Å². The van der Waals surface area contributed by atoms with Crippen LogP contribution in [0.1, 0.15) is 5.56 Å². The maximum absolute atomic E-state index is 8.68. The molecule has 0 atom stereocenters. The van der Waals surface area contributed by atoms with E-state index in [0.717, 1.165) is 23.1 Å². The smallest absolute Gasteiger partial charge is 0.109 e. The van der Waals surface area contributed by atoms with E-state index in [9.17, 15) is 0 Å². The average Bonchev–Trinajstić information content (AvgIpc) is 2.50. The molecule has 2 aromatic rings. The summed E-state index contributed by atoms with van der Waals surface area (Å²) in [6.45, 7) is 1.08. The van der Waals surface area contributed by atoms with Crippen LogP contribution in [0.25, 0.3) is 10.9 Å². The number of aliphatic hydroxyl groups excluding tert-OH is 1. The van der Waals surface area contributed by atoms with Crippen LogP contribution in [-0.4, -0.2) is 15.3 Å². The number of nitrogens with zero attached hydrogens (tertiary/aromatic N) is 1. The van der Waals surface area contributed by atoms with Gasteiger partial charge < -0.3 is 5.11 Å². The van der Waals surface area contributed by atoms with Gasteiger partial charge in [-0.1, -0.05) is 6.07 Å². The van der Waals surface area contributed by atoms with Gasteiger partial charge in [0.25, 0.3) is 0 Å². The Morgan fingerprint density at radius 3 is 3.18 bits per heavy atom. The summed E-state index contributed by atoms with van der Waals surface area (Å²) in [6, 6.07) is 5.56. The molecule has 1 heterocycles. The van der Waals surface area contributed by atoms with Gasteiger partial charge >= 0.3 is 0 Å². The lowest BCUT2D eigenvalue weighted by atomic mass is 10.2. The zero-order valence-electron chi connectivity index (χ0n) is 5.78. The van der Waals surface area contributed by atoms with Gasteiger partial charge in [0.1, 0.15) is 6.61 Å². The minimum atomic E-state index is 0.791. The van der Waals surface area contributed by atoms with E-state index in [1.165, 1.54) is 0 Å². The van der Waals surface area contributed by atoms with Crippen molar-refractivity contribution >= 4 is 10.9 Å². The van der Waals surface area contributed by atoms with Gasteiger partial charge in [0.2, 0.25) is 0 Å². The van der Waals surface area contributed by atoms with E-state index in [2.05, 4.69) is 10.2 Å². The third-order valence-corrected chi connectivity index (χ3v) is 1.61. The van der Waals surface area contributed by atoms with Crippen molar-refractivity contribution in [3.05, 3.63) is 36.6 Å². The Kier molecular flexibility index (Phi) is 1.36. The number of aromatic nitrogens is 2. The first-order chi connectivity index (χ1) is 5.40. The Bertz CT molecular complexity index is 367. The SMILES string of the molecule is O[CH]c1ccc2[nH]ncc2c1. The molecule has 0 amide bonds. The number of nitrogens with one attached hydrogen (secondary N) is 1. The van der Waals surface area contributed by atoms with E-state index < -0.39 is 0 Å². The summed E-state index contributed by atoms with van der Waals surface area (Å²) in [5.74, 6) is 0. The normalized spacial score (nSPS) is 10.6. The Labute approximate surface area is 63.7 Å². The second-order valence-corrected chi connectivity index (χ2v) is 2.35. The lowest BCUT2D eigenvalue weighted by Gasteiger charge is -1.92. The van der Waals surface area contributed by atoms with Crippen LogP contribution in [0.5, 0.6) is 0 Å². The molecular formula is C8H7N2O. The predicted molar refractivity (Wildman–Crippen MR) is 41.4 cm³/mol. The molecule has 11 heavy (non-hydrogen) atoms. The van der Waals surface area contributed by atoms with Crippen molar-refractivity contribution in [3.63, 3.8) is 0 Å². The molecule has 0 fully saturated rings. The molecule has 1 radical (unpaired) electrons. The fraction of sp³-hybridized carbons (Fsp3) is 0. The fourth-order valence-electron chi connectivity index (χ4n) is 1.04. The maximum atomic E-state index is 8.68. The molecular weight excluding hydrogens is 140 g/mol. The van der Waals surface area contributed by atoms with Crippen molar-refractivity contribution < 1.29 is 5.11 Å². The Morgan fingerprint density at radius 1 is 1.45 bits per heavy atom. The molecule has 0 unspecified atom stereocenters. The molecule has 3 nitrogen and oxygen atoms in total. The standard InChI is InChI=1S/C8H7N2O/c11-5-6-1-2-8-7(3-6)4-9-10-8/h1-5,11H,(H,9,10). The lowest BCUT2D eigenvalue weighted by Crippen LogP contribution is -1.77. The summed E-state index contributed by atoms with van der Waals surface area (Å²) >= 11 is 0. The lowest BCUT2D eigenvalue weighted by molar-refractivity contribution is 0.415. The monoisotopic (exact) mass is 147 g/mol. The van der Waals surface area contributed by atoms with Crippen molar-refractivity contribution in [3.8, 4) is 0 Å². The summed E-state index contributed by atoms with van der Waals surface area (Å²) in [6.07, 6.45) is 1.72. The predicted octanol–water partition coefficient (Wildman–Crippen LogP) is 1.45. The first-order valence-corrected chi connectivity index (χ1v) is 3.31. The minimum absolute atomic E-state index is 0.791. The van der Waals surface area contributed by atoms with E-state index in [0.29, 0.717) is 0 Å². The van der Waals surface area contributed by atoms with Gasteiger partial charge in [0.05, 0.1) is 11.7 Å². The number of aromatic amines is 1. The summed E-state index contributed by atoms with van der Waals surface area (Å²) in [4.78, 5) is 0. The zero-order valence-corrected chi connectivity index (χ0v) is 5.78. The molecule has 1 aromatic carbocycles. The molecule has 3 heteroatoms. The highest BCUT2D eigenvalue weighted by Gasteiger charge is 1.95. The maximum Gasteiger partial charge on any atom is 0.109 e. The average molecular weight is 147 g/mol. The quantitative estimate of drug-likeness (QED) is 0.641. The van der Waals surface area contributed by atoms with Gasteiger partial charge in [-0.2, -0.15) is 5.10 Å². The van der Waals surface area contributed by atoms with Crippen LogP contribution < -0.4 is 0 Å². The Morgan fingerprint density at radius 2 is 2.36 bits per heavy atom. The highest BCUT2D eigenvalue weighted by Crippen LogP contribution is 2.12. The van der Waals surface area contributed by atoms with Gasteiger partial charge in [-0.25, -0.2) is 0 Å². The second-order valence-electron chi connectivity index (χ2n) is 2.35. The number of hydrogen-bond donors (Lipinski definition) is 2. The van der Waals surface area contributed by atoms with E-state index in [-0.39, 0.29) is 0 Å². The first-order valence-electron chi connectivity index (χ1n) is 3.31. The largest absolute Gasteiger partial charge is 0.385 e. The topological polar surface area (TPSA) is 48.9 Å². The summed E-state index contributed by atoms with van der Waals surface area (Å²) in [5.41, 5.74) is 1.77. The van der Waals surface area contributed by atoms with Gasteiger partial charge in [0.15, 0.2) is 0 Å². The van der Waals surface area contributed by atoms with Crippen LogP contribution in [0.15, 0.2) is 24.4 Å². The van der Waals surface area contributed by atoms with Crippen LogP contribution >= 0.6 is 0 Å². The molecule has 0 bridgehead atoms. The van der Waals surface area contributed by atoms with Crippen LogP contribution in [0.3, 0.4) is 0 Å². The van der Waals surface area contributed by atoms with Gasteiger partial charge in [-0.05, 0) is 17.7 Å². The third-order valence-electron chi connectivity index (χ3n) is 1.61. The van der Waals surface area contributed by atoms with Gasteiger partial charge in [-0.15, -0.1) is 0 Å². The molecule has 0 aliphatic rings. The number of benzene rings is 1. The molecule has 0 aliphatic carbocycles. The van der Waals surface area contributed by atoms with Gasteiger partial charge in [0, 0.05) is 5.39 Å². The number of hydrogen-bond acceptors (Lipinski definition) is 2. The molecule has 0 saturated heterocycles. The highest BCUT2D eigenvalue weighted by molar-refractivity contribution is 5.78. The van der Waals surface area contributed by atoms with Crippen molar-refractivity contribution in [1.29, 1.82) is 0 Å². The summed E-state index contributed by atoms with van der Waals surface area (Å²) in [7, 11) is 0. The molecule has 2 rings (SSSR count). The molecule has 0 saturated carbocycles. The van der Waals surface area contributed by atoms with E-state index in [1.54, 1.807) is 6.20 Å². The minimum Gasteiger partial charge on any atom is -0.385 e. The molecule has 0 spiro atoms. The second kappa shape index (κ2) is 2.36. The number of fused-ring (bicyclic) bond motifs is 1. The van der Waals surface area contributed by atoms with Crippen LogP contribution in [0, 0.1) is 6.61 Å². The van der Waals surface area contributed by atoms with E-state index in [4.69, 9.17) is 5.11 Å². The van der Waals surface area contributed by atoms with Gasteiger partial charge in [-0.3, -0.25) is 5.10 Å². The van der Waals surface area contributed by atoms with E-state index in [1.807, 2.05) is 18.2 Å². The first kappa shape index (κ1) is 6.37.